The lowest BCUT2D eigenvalue weighted by molar-refractivity contribution is 0.00352. The number of nitrogen functional groups attached to an aromatic ring is 1. The second kappa shape index (κ2) is 6.49. The van der Waals surface area contributed by atoms with E-state index in [9.17, 15) is 13.2 Å². The molecule has 2 rings (SSSR count). The summed E-state index contributed by atoms with van der Waals surface area (Å²) in [5.41, 5.74) is 4.80. The van der Waals surface area contributed by atoms with Gasteiger partial charge in [-0.15, -0.1) is 0 Å². The second-order valence-electron chi connectivity index (χ2n) is 7.86. The van der Waals surface area contributed by atoms with E-state index in [1.165, 1.54) is 16.4 Å². The van der Waals surface area contributed by atoms with E-state index < -0.39 is 27.3 Å². The third kappa shape index (κ3) is 4.43. The summed E-state index contributed by atoms with van der Waals surface area (Å²) in [5.74, 6) is 0. The van der Waals surface area contributed by atoms with E-state index in [0.29, 0.717) is 5.69 Å². The van der Waals surface area contributed by atoms with Crippen LogP contribution in [0.15, 0.2) is 29.2 Å². The summed E-state index contributed by atoms with van der Waals surface area (Å²) < 4.78 is 32.8. The Kier molecular flexibility index (Phi) is 5.07. The van der Waals surface area contributed by atoms with Crippen LogP contribution in [0, 0.1) is 0 Å². The molecule has 0 aromatic heterocycles. The molecule has 1 heterocycles. The molecule has 0 bridgehead atoms. The Balaban J connectivity index is 2.20. The zero-order valence-corrected chi connectivity index (χ0v) is 16.3. The third-order valence-electron chi connectivity index (χ3n) is 3.95. The summed E-state index contributed by atoms with van der Waals surface area (Å²) >= 11 is 0. The Morgan fingerprint density at radius 1 is 1.16 bits per heavy atom. The molecule has 0 unspecified atom stereocenters. The number of carbonyl (C=O) groups is 1. The van der Waals surface area contributed by atoms with Gasteiger partial charge in [-0.2, -0.15) is 4.31 Å². The number of nitrogens with two attached hydrogens (primary N) is 1. The van der Waals surface area contributed by atoms with Gasteiger partial charge in [0.25, 0.3) is 0 Å². The number of benzene rings is 1. The van der Waals surface area contributed by atoms with Crippen LogP contribution in [0.5, 0.6) is 0 Å². The van der Waals surface area contributed by atoms with Crippen molar-refractivity contribution in [1.82, 2.24) is 9.21 Å². The van der Waals surface area contributed by atoms with Crippen molar-refractivity contribution in [3.8, 4) is 0 Å². The Bertz CT molecular complexity index is 736. The predicted octanol–water partition coefficient (Wildman–Crippen LogP) is 2.29. The van der Waals surface area contributed by atoms with E-state index in [4.69, 9.17) is 10.5 Å². The molecule has 0 aliphatic carbocycles. The van der Waals surface area contributed by atoms with Gasteiger partial charge >= 0.3 is 6.09 Å². The second-order valence-corrected chi connectivity index (χ2v) is 9.72. The molecule has 1 aromatic rings. The summed E-state index contributed by atoms with van der Waals surface area (Å²) in [4.78, 5) is 14.0. The minimum Gasteiger partial charge on any atom is -0.444 e. The van der Waals surface area contributed by atoms with Crippen LogP contribution in [0.25, 0.3) is 0 Å². The van der Waals surface area contributed by atoms with Crippen molar-refractivity contribution in [1.29, 1.82) is 0 Å². The Morgan fingerprint density at radius 2 is 1.72 bits per heavy atom. The number of piperazine rings is 1. The summed E-state index contributed by atoms with van der Waals surface area (Å²) in [7, 11) is -3.67. The first kappa shape index (κ1) is 19.5. The Morgan fingerprint density at radius 3 is 2.20 bits per heavy atom. The molecule has 1 aliphatic heterocycles. The zero-order chi connectivity index (χ0) is 19.0. The van der Waals surface area contributed by atoms with Gasteiger partial charge in [0, 0.05) is 30.9 Å². The minimum absolute atomic E-state index is 0.195. The van der Waals surface area contributed by atoms with E-state index in [1.54, 1.807) is 51.7 Å². The van der Waals surface area contributed by atoms with Crippen molar-refractivity contribution >= 4 is 21.8 Å². The van der Waals surface area contributed by atoms with E-state index in [0.717, 1.165) is 0 Å². The van der Waals surface area contributed by atoms with Gasteiger partial charge in [0.1, 0.15) is 5.60 Å². The Labute approximate surface area is 149 Å². The van der Waals surface area contributed by atoms with Crippen LogP contribution in [-0.2, 0) is 14.8 Å². The quantitative estimate of drug-likeness (QED) is 0.808. The third-order valence-corrected chi connectivity index (χ3v) is 6.07. The van der Waals surface area contributed by atoms with E-state index in [-0.39, 0.29) is 24.5 Å². The molecule has 2 N–H and O–H groups in total. The van der Waals surface area contributed by atoms with Crippen LogP contribution >= 0.6 is 0 Å². The fourth-order valence-corrected chi connectivity index (χ4v) is 4.60. The lowest BCUT2D eigenvalue weighted by atomic mass is 10.0. The molecule has 1 aliphatic rings. The average molecular weight is 369 g/mol. The van der Waals surface area contributed by atoms with E-state index >= 15 is 0 Å². The number of ether oxygens (including phenoxy) is 1. The van der Waals surface area contributed by atoms with Gasteiger partial charge in [-0.3, -0.25) is 0 Å². The fourth-order valence-electron chi connectivity index (χ4n) is 2.83. The zero-order valence-electron chi connectivity index (χ0n) is 15.4. The van der Waals surface area contributed by atoms with Gasteiger partial charge in [-0.05, 0) is 58.9 Å². The maximum atomic E-state index is 13.0. The molecule has 8 heteroatoms. The smallest absolute Gasteiger partial charge is 0.410 e. The molecule has 0 saturated carbocycles. The monoisotopic (exact) mass is 369 g/mol. The maximum absolute atomic E-state index is 13.0. The molecule has 1 aromatic carbocycles. The van der Waals surface area contributed by atoms with Crippen molar-refractivity contribution in [3.63, 3.8) is 0 Å². The van der Waals surface area contributed by atoms with Crippen LogP contribution in [0.4, 0.5) is 10.5 Å². The molecule has 7 nitrogen and oxygen atoms in total. The highest BCUT2D eigenvalue weighted by atomic mass is 32.2. The van der Waals surface area contributed by atoms with Crippen molar-refractivity contribution in [3.05, 3.63) is 24.3 Å². The normalized spacial score (nSPS) is 18.8. The molecule has 0 spiro atoms. The maximum Gasteiger partial charge on any atom is 0.410 e. The minimum atomic E-state index is -3.67. The fraction of sp³-hybridized carbons (Fsp3) is 0.588. The number of anilines is 1. The van der Waals surface area contributed by atoms with Gasteiger partial charge in [0.2, 0.25) is 10.0 Å². The van der Waals surface area contributed by atoms with Crippen molar-refractivity contribution in [2.24, 2.45) is 0 Å². The van der Waals surface area contributed by atoms with Crippen LogP contribution in [-0.4, -0.2) is 54.5 Å². The van der Waals surface area contributed by atoms with Gasteiger partial charge in [-0.25, -0.2) is 13.2 Å². The van der Waals surface area contributed by atoms with Gasteiger partial charge in [0.05, 0.1) is 4.90 Å². The largest absolute Gasteiger partial charge is 0.444 e. The molecule has 140 valence electrons. The van der Waals surface area contributed by atoms with E-state index in [1.807, 2.05) is 0 Å². The number of rotatable bonds is 2. The van der Waals surface area contributed by atoms with Gasteiger partial charge < -0.3 is 15.4 Å². The predicted molar refractivity (Wildman–Crippen MR) is 96.6 cm³/mol. The highest BCUT2D eigenvalue weighted by Gasteiger charge is 2.43. The van der Waals surface area contributed by atoms with Gasteiger partial charge in [0.15, 0.2) is 0 Å². The van der Waals surface area contributed by atoms with Crippen LogP contribution in [0.1, 0.15) is 34.6 Å². The summed E-state index contributed by atoms with van der Waals surface area (Å²) in [6.07, 6.45) is -0.426. The first-order valence-corrected chi connectivity index (χ1v) is 9.63. The van der Waals surface area contributed by atoms with Gasteiger partial charge in [-0.1, -0.05) is 0 Å². The van der Waals surface area contributed by atoms with Crippen LogP contribution in [0.3, 0.4) is 0 Å². The molecule has 25 heavy (non-hydrogen) atoms. The standard InChI is InChI=1S/C17H27N3O4S/c1-16(2,3)24-15(21)19-10-11-20(17(4,5)12-19)25(22,23)14-8-6-13(18)7-9-14/h6-9H,10-12,18H2,1-5H3. The van der Waals surface area contributed by atoms with Crippen molar-refractivity contribution in [2.75, 3.05) is 25.4 Å². The lowest BCUT2D eigenvalue weighted by Crippen LogP contribution is -2.62. The molecule has 0 radical (unpaired) electrons. The summed E-state index contributed by atoms with van der Waals surface area (Å²) in [6, 6.07) is 6.13. The average Bonchev–Trinajstić information content (AvgIpc) is 2.44. The molecule has 1 fully saturated rings. The molecule has 0 atom stereocenters. The topological polar surface area (TPSA) is 92.9 Å². The van der Waals surface area contributed by atoms with Crippen molar-refractivity contribution < 1.29 is 17.9 Å². The summed E-state index contributed by atoms with van der Waals surface area (Å²) in [5, 5.41) is 0. The first-order chi connectivity index (χ1) is 11.3. The number of nitrogens with zero attached hydrogens (tertiary/aromatic N) is 2. The molecule has 1 amide bonds. The molecule has 1 saturated heterocycles. The van der Waals surface area contributed by atoms with Crippen LogP contribution < -0.4 is 5.73 Å². The molecular formula is C17H27N3O4S. The van der Waals surface area contributed by atoms with Crippen LogP contribution in [0.2, 0.25) is 0 Å². The number of hydrogen-bond acceptors (Lipinski definition) is 5. The highest BCUT2D eigenvalue weighted by Crippen LogP contribution is 2.29. The summed E-state index contributed by atoms with van der Waals surface area (Å²) in [6.45, 7) is 9.77. The first-order valence-electron chi connectivity index (χ1n) is 8.19. The van der Waals surface area contributed by atoms with E-state index in [2.05, 4.69) is 0 Å². The van der Waals surface area contributed by atoms with Crippen molar-refractivity contribution in [2.45, 2.75) is 50.7 Å². The Hall–Kier alpha value is -1.80. The highest BCUT2D eigenvalue weighted by molar-refractivity contribution is 7.89. The molecular weight excluding hydrogens is 342 g/mol. The number of sulfonamides is 1. The number of hydrogen-bond donors (Lipinski definition) is 1. The SMILES string of the molecule is CC(C)(C)OC(=O)N1CCN(S(=O)(=O)c2ccc(N)cc2)C(C)(C)C1. The number of carbonyl (C=O) groups excluding carboxylic acids is 1. The number of amides is 1. The lowest BCUT2D eigenvalue weighted by Gasteiger charge is -2.45.